The summed E-state index contributed by atoms with van der Waals surface area (Å²) in [7, 11) is 0. The molecule has 1 N–H and O–H groups in total. The lowest BCUT2D eigenvalue weighted by molar-refractivity contribution is 0.137. The van der Waals surface area contributed by atoms with E-state index in [1.165, 1.54) is 0 Å². The van der Waals surface area contributed by atoms with Crippen LogP contribution in [0.3, 0.4) is 0 Å². The summed E-state index contributed by atoms with van der Waals surface area (Å²) < 4.78 is 22.8. The molecule has 0 heterocycles. The Hall–Kier alpha value is -0.180. The van der Waals surface area contributed by atoms with Gasteiger partial charge >= 0.3 is 0 Å². The minimum absolute atomic E-state index is 0.0278. The van der Waals surface area contributed by atoms with Gasteiger partial charge in [0.1, 0.15) is 0 Å². The Morgan fingerprint density at radius 3 is 2.44 bits per heavy atom. The van der Waals surface area contributed by atoms with E-state index in [1.54, 1.807) is 0 Å². The number of alkyl halides is 2. The van der Waals surface area contributed by atoms with E-state index in [1.807, 2.05) is 6.92 Å². The zero-order valence-corrected chi connectivity index (χ0v) is 5.66. The molecule has 0 bridgehead atoms. The molecule has 0 saturated carbocycles. The zero-order chi connectivity index (χ0) is 7.11. The van der Waals surface area contributed by atoms with Crippen LogP contribution in [-0.2, 0) is 0 Å². The van der Waals surface area contributed by atoms with Gasteiger partial charge in [-0.15, -0.1) is 0 Å². The van der Waals surface area contributed by atoms with Crippen molar-refractivity contribution in [2.45, 2.75) is 26.2 Å². The van der Waals surface area contributed by atoms with Crippen molar-refractivity contribution >= 4 is 0 Å². The molecule has 0 aromatic heterocycles. The van der Waals surface area contributed by atoms with Gasteiger partial charge in [0.15, 0.2) is 0 Å². The molecule has 0 rings (SSSR count). The van der Waals surface area contributed by atoms with Crippen molar-refractivity contribution in [2.24, 2.45) is 0 Å². The predicted octanol–water partition coefficient (Wildman–Crippen LogP) is 1.64. The van der Waals surface area contributed by atoms with Crippen molar-refractivity contribution < 1.29 is 8.78 Å². The van der Waals surface area contributed by atoms with E-state index in [-0.39, 0.29) is 6.42 Å². The molecule has 0 fully saturated rings. The molecule has 3 heteroatoms. The van der Waals surface area contributed by atoms with Gasteiger partial charge in [0, 0.05) is 13.0 Å². The van der Waals surface area contributed by atoms with Crippen LogP contribution in [0.25, 0.3) is 0 Å². The van der Waals surface area contributed by atoms with Crippen molar-refractivity contribution in [1.29, 1.82) is 0 Å². The van der Waals surface area contributed by atoms with Crippen LogP contribution in [0.5, 0.6) is 0 Å². The second-order valence-electron chi connectivity index (χ2n) is 1.93. The fourth-order valence-electron chi connectivity index (χ4n) is 0.513. The van der Waals surface area contributed by atoms with Gasteiger partial charge in [0.25, 0.3) is 0 Å². The van der Waals surface area contributed by atoms with Crippen molar-refractivity contribution in [3.05, 3.63) is 0 Å². The molecule has 1 nitrogen and oxygen atoms in total. The highest BCUT2D eigenvalue weighted by atomic mass is 19.3. The molecule has 56 valence electrons. The summed E-state index contributed by atoms with van der Waals surface area (Å²) in [4.78, 5) is 0. The molecule has 0 aromatic carbocycles. The number of nitrogens with one attached hydrogen (secondary N) is 1. The molecule has 9 heavy (non-hydrogen) atoms. The lowest BCUT2D eigenvalue weighted by atomic mass is 10.4. The number of hydrogen-bond donors (Lipinski definition) is 1. The fourth-order valence-corrected chi connectivity index (χ4v) is 0.513. The predicted molar refractivity (Wildman–Crippen MR) is 33.8 cm³/mol. The van der Waals surface area contributed by atoms with Gasteiger partial charge < -0.3 is 5.32 Å². The van der Waals surface area contributed by atoms with Gasteiger partial charge in [-0.3, -0.25) is 0 Å². The average molecular weight is 137 g/mol. The minimum atomic E-state index is -2.16. The maximum absolute atomic E-state index is 11.4. The maximum Gasteiger partial charge on any atom is 0.239 e. The van der Waals surface area contributed by atoms with E-state index in [4.69, 9.17) is 0 Å². The van der Waals surface area contributed by atoms with Crippen LogP contribution < -0.4 is 5.32 Å². The van der Waals surface area contributed by atoms with Gasteiger partial charge in [-0.25, -0.2) is 8.78 Å². The third-order valence-electron chi connectivity index (χ3n) is 0.966. The number of hydrogen-bond acceptors (Lipinski definition) is 1. The summed E-state index contributed by atoms with van der Waals surface area (Å²) in [6.45, 7) is 3.29. The quantitative estimate of drug-likeness (QED) is 0.568. The molecule has 0 aliphatic rings. The van der Waals surface area contributed by atoms with E-state index in [9.17, 15) is 8.78 Å². The lowest BCUT2D eigenvalue weighted by Gasteiger charge is -1.99. The van der Waals surface area contributed by atoms with Gasteiger partial charge in [0.05, 0.1) is 0 Å². The Bertz CT molecular complexity index is 57.0. The van der Waals surface area contributed by atoms with Crippen LogP contribution in [0, 0.1) is 0 Å². The number of rotatable bonds is 5. The Morgan fingerprint density at radius 2 is 2.00 bits per heavy atom. The van der Waals surface area contributed by atoms with Crippen molar-refractivity contribution in [3.8, 4) is 0 Å². The van der Waals surface area contributed by atoms with Crippen molar-refractivity contribution in [2.75, 3.05) is 13.1 Å². The first-order chi connectivity index (χ1) is 4.27. The Labute approximate surface area is 54.4 Å². The Kier molecular flexibility index (Phi) is 5.83. The first-order valence-corrected chi connectivity index (χ1v) is 3.26. The van der Waals surface area contributed by atoms with Crippen LogP contribution in [0.1, 0.15) is 19.8 Å². The smallest absolute Gasteiger partial charge is 0.239 e. The van der Waals surface area contributed by atoms with Crippen molar-refractivity contribution in [1.82, 2.24) is 5.32 Å². The summed E-state index contributed by atoms with van der Waals surface area (Å²) in [5.41, 5.74) is 0. The van der Waals surface area contributed by atoms with Gasteiger partial charge in [-0.05, 0) is 13.0 Å². The largest absolute Gasteiger partial charge is 0.317 e. The third kappa shape index (κ3) is 7.82. The molecular weight excluding hydrogens is 124 g/mol. The highest BCUT2D eigenvalue weighted by Crippen LogP contribution is 1.95. The summed E-state index contributed by atoms with van der Waals surface area (Å²) in [6, 6.07) is 0. The van der Waals surface area contributed by atoms with Crippen LogP contribution in [0.15, 0.2) is 0 Å². The fraction of sp³-hybridized carbons (Fsp3) is 1.00. The third-order valence-corrected chi connectivity index (χ3v) is 0.966. The molecule has 0 unspecified atom stereocenters. The van der Waals surface area contributed by atoms with E-state index in [0.29, 0.717) is 6.54 Å². The van der Waals surface area contributed by atoms with Crippen LogP contribution in [-0.4, -0.2) is 19.5 Å². The minimum Gasteiger partial charge on any atom is -0.317 e. The Balaban J connectivity index is 2.75. The highest BCUT2D eigenvalue weighted by Gasteiger charge is 1.98. The number of halogens is 2. The van der Waals surface area contributed by atoms with E-state index in [2.05, 4.69) is 5.32 Å². The van der Waals surface area contributed by atoms with Gasteiger partial charge in [-0.1, -0.05) is 6.92 Å². The average Bonchev–Trinajstić information content (AvgIpc) is 1.80. The summed E-state index contributed by atoms with van der Waals surface area (Å²) in [5.74, 6) is 0. The second kappa shape index (κ2) is 5.95. The van der Waals surface area contributed by atoms with Crippen LogP contribution in [0.2, 0.25) is 0 Å². The first kappa shape index (κ1) is 8.82. The zero-order valence-electron chi connectivity index (χ0n) is 5.66. The molecule has 0 amide bonds. The molecule has 0 saturated heterocycles. The van der Waals surface area contributed by atoms with Crippen LogP contribution >= 0.6 is 0 Å². The maximum atomic E-state index is 11.4. The first-order valence-electron chi connectivity index (χ1n) is 3.26. The normalized spacial score (nSPS) is 10.7. The molecule has 0 aliphatic carbocycles. The lowest BCUT2D eigenvalue weighted by Crippen LogP contribution is -2.17. The molecular formula is C6H13F2N. The molecule has 0 radical (unpaired) electrons. The molecule has 0 aliphatic heterocycles. The van der Waals surface area contributed by atoms with E-state index < -0.39 is 6.43 Å². The highest BCUT2D eigenvalue weighted by molar-refractivity contribution is 4.46. The van der Waals surface area contributed by atoms with Gasteiger partial charge in [-0.2, -0.15) is 0 Å². The van der Waals surface area contributed by atoms with Crippen molar-refractivity contribution in [3.63, 3.8) is 0 Å². The molecule has 0 spiro atoms. The summed E-state index contributed by atoms with van der Waals surface area (Å²) >= 11 is 0. The SMILES string of the molecule is CCCNCCC(F)F. The van der Waals surface area contributed by atoms with Gasteiger partial charge in [0.2, 0.25) is 6.43 Å². The standard InChI is InChI=1S/C6H13F2N/c1-2-4-9-5-3-6(7)8/h6,9H,2-5H2,1H3. The van der Waals surface area contributed by atoms with Crippen LogP contribution in [0.4, 0.5) is 8.78 Å². The molecule has 0 aromatic rings. The van der Waals surface area contributed by atoms with E-state index in [0.717, 1.165) is 13.0 Å². The Morgan fingerprint density at radius 1 is 1.33 bits per heavy atom. The van der Waals surface area contributed by atoms with E-state index >= 15 is 0 Å². The summed E-state index contributed by atoms with van der Waals surface area (Å²) in [6.07, 6.45) is -1.18. The second-order valence-corrected chi connectivity index (χ2v) is 1.93. The topological polar surface area (TPSA) is 12.0 Å². The summed E-state index contributed by atoms with van der Waals surface area (Å²) in [5, 5.41) is 2.89. The molecule has 0 atom stereocenters. The monoisotopic (exact) mass is 137 g/mol.